The van der Waals surface area contributed by atoms with E-state index >= 15 is 0 Å². The first-order valence-corrected chi connectivity index (χ1v) is 8.41. The second-order valence-corrected chi connectivity index (χ2v) is 7.12. The summed E-state index contributed by atoms with van der Waals surface area (Å²) in [6.07, 6.45) is 0.740. The molecule has 2 aromatic rings. The van der Waals surface area contributed by atoms with Crippen LogP contribution < -0.4 is 11.3 Å². The van der Waals surface area contributed by atoms with Gasteiger partial charge in [-0.2, -0.15) is 5.10 Å². The van der Waals surface area contributed by atoms with Gasteiger partial charge < -0.3 is 0 Å². The van der Waals surface area contributed by atoms with Crippen molar-refractivity contribution in [3.05, 3.63) is 48.6 Å². The molecule has 0 saturated heterocycles. The van der Waals surface area contributed by atoms with Crippen LogP contribution in [-0.2, 0) is 13.5 Å². The third-order valence-corrected chi connectivity index (χ3v) is 5.44. The molecule has 0 aliphatic heterocycles. The minimum absolute atomic E-state index is 0.00650. The van der Waals surface area contributed by atoms with Crippen molar-refractivity contribution in [1.29, 1.82) is 0 Å². The van der Waals surface area contributed by atoms with Gasteiger partial charge in [0, 0.05) is 22.4 Å². The average molecular weight is 467 g/mol. The molecule has 0 bridgehead atoms. The van der Waals surface area contributed by atoms with Crippen LogP contribution in [0.5, 0.6) is 0 Å². The lowest BCUT2D eigenvalue weighted by Crippen LogP contribution is -2.30. The van der Waals surface area contributed by atoms with Gasteiger partial charge in [0.1, 0.15) is 0 Å². The molecular weight excluding hydrogens is 452 g/mol. The lowest BCUT2D eigenvalue weighted by Gasteiger charge is -2.18. The van der Waals surface area contributed by atoms with Crippen molar-refractivity contribution >= 4 is 47.8 Å². The Morgan fingerprint density at radius 3 is 2.60 bits per heavy atom. The monoisotopic (exact) mass is 464 g/mol. The first kappa shape index (κ1) is 16.2. The van der Waals surface area contributed by atoms with Crippen LogP contribution in [0, 0.1) is 6.92 Å². The van der Waals surface area contributed by atoms with Crippen LogP contribution in [-0.4, -0.2) is 9.78 Å². The molecule has 0 saturated carbocycles. The van der Waals surface area contributed by atoms with Crippen LogP contribution >= 0.6 is 47.8 Å². The van der Waals surface area contributed by atoms with E-state index in [9.17, 15) is 0 Å². The van der Waals surface area contributed by atoms with Gasteiger partial charge in [0.2, 0.25) is 0 Å². The molecule has 20 heavy (non-hydrogen) atoms. The van der Waals surface area contributed by atoms with E-state index in [0.717, 1.165) is 36.8 Å². The Hall–Kier alpha value is -0.210. The standard InChI is InChI=1S/C13H15Br3N4/c1-7-13(16)12(20(2)19-7)6-11(18-17)9-5-8(14)3-4-10(9)15/h3-5,11,18H,6,17H2,1-2H3. The highest BCUT2D eigenvalue weighted by Gasteiger charge is 2.19. The number of rotatable bonds is 4. The van der Waals surface area contributed by atoms with Gasteiger partial charge in [-0.15, -0.1) is 0 Å². The summed E-state index contributed by atoms with van der Waals surface area (Å²) >= 11 is 10.7. The molecule has 0 radical (unpaired) electrons. The number of hydrazine groups is 1. The average Bonchev–Trinajstić information content (AvgIpc) is 2.65. The van der Waals surface area contributed by atoms with Gasteiger partial charge in [0.25, 0.3) is 0 Å². The maximum atomic E-state index is 5.75. The van der Waals surface area contributed by atoms with E-state index in [-0.39, 0.29) is 6.04 Å². The lowest BCUT2D eigenvalue weighted by atomic mass is 10.0. The van der Waals surface area contributed by atoms with Crippen molar-refractivity contribution in [1.82, 2.24) is 15.2 Å². The summed E-state index contributed by atoms with van der Waals surface area (Å²) in [6.45, 7) is 1.98. The normalized spacial score (nSPS) is 12.7. The van der Waals surface area contributed by atoms with Crippen molar-refractivity contribution in [3.63, 3.8) is 0 Å². The van der Waals surface area contributed by atoms with Crippen molar-refractivity contribution in [3.8, 4) is 0 Å². The highest BCUT2D eigenvalue weighted by Crippen LogP contribution is 2.31. The van der Waals surface area contributed by atoms with Crippen LogP contribution in [0.3, 0.4) is 0 Å². The zero-order valence-electron chi connectivity index (χ0n) is 11.1. The summed E-state index contributed by atoms with van der Waals surface area (Å²) in [4.78, 5) is 0. The smallest absolute Gasteiger partial charge is 0.0738 e. The summed E-state index contributed by atoms with van der Waals surface area (Å²) in [5.74, 6) is 5.75. The summed E-state index contributed by atoms with van der Waals surface area (Å²) in [7, 11) is 1.94. The number of halogens is 3. The molecule has 3 N–H and O–H groups in total. The number of nitrogens with one attached hydrogen (secondary N) is 1. The van der Waals surface area contributed by atoms with Crippen molar-refractivity contribution in [2.75, 3.05) is 0 Å². The molecule has 1 atom stereocenters. The Balaban J connectivity index is 2.36. The van der Waals surface area contributed by atoms with Crippen LogP contribution in [0.4, 0.5) is 0 Å². The molecule has 4 nitrogen and oxygen atoms in total. The topological polar surface area (TPSA) is 55.9 Å². The second kappa shape index (κ2) is 6.70. The molecule has 7 heteroatoms. The van der Waals surface area contributed by atoms with E-state index in [2.05, 4.69) is 64.4 Å². The van der Waals surface area contributed by atoms with Gasteiger partial charge in [-0.05, 0) is 46.6 Å². The lowest BCUT2D eigenvalue weighted by molar-refractivity contribution is 0.527. The zero-order valence-corrected chi connectivity index (χ0v) is 15.9. The van der Waals surface area contributed by atoms with Gasteiger partial charge in [0.15, 0.2) is 0 Å². The number of aryl methyl sites for hydroxylation is 2. The van der Waals surface area contributed by atoms with Gasteiger partial charge in [-0.25, -0.2) is 0 Å². The van der Waals surface area contributed by atoms with E-state index < -0.39 is 0 Å². The number of benzene rings is 1. The minimum Gasteiger partial charge on any atom is -0.271 e. The molecule has 1 aromatic carbocycles. The highest BCUT2D eigenvalue weighted by molar-refractivity contribution is 9.11. The molecule has 1 heterocycles. The van der Waals surface area contributed by atoms with E-state index in [0.29, 0.717) is 0 Å². The molecule has 1 aromatic heterocycles. The summed E-state index contributed by atoms with van der Waals surface area (Å²) < 4.78 is 4.97. The number of hydrogen-bond acceptors (Lipinski definition) is 3. The van der Waals surface area contributed by atoms with E-state index in [1.807, 2.05) is 30.8 Å². The molecule has 0 aliphatic carbocycles. The minimum atomic E-state index is -0.00650. The van der Waals surface area contributed by atoms with E-state index in [1.165, 1.54) is 0 Å². The number of nitrogens with two attached hydrogens (primary N) is 1. The summed E-state index contributed by atoms with van der Waals surface area (Å²) in [6, 6.07) is 6.05. The summed E-state index contributed by atoms with van der Waals surface area (Å²) in [5.41, 5.74) is 6.08. The van der Waals surface area contributed by atoms with Crippen LogP contribution in [0.25, 0.3) is 0 Å². The fourth-order valence-corrected chi connectivity index (χ4v) is 3.54. The Morgan fingerprint density at radius 2 is 2.05 bits per heavy atom. The maximum Gasteiger partial charge on any atom is 0.0738 e. The predicted octanol–water partition coefficient (Wildman–Crippen LogP) is 3.76. The Kier molecular flexibility index (Phi) is 5.42. The Bertz CT molecular complexity index is 624. The first-order valence-electron chi connectivity index (χ1n) is 6.03. The Morgan fingerprint density at radius 1 is 1.35 bits per heavy atom. The fraction of sp³-hybridized carbons (Fsp3) is 0.308. The number of aromatic nitrogens is 2. The fourth-order valence-electron chi connectivity index (χ4n) is 2.14. The van der Waals surface area contributed by atoms with Crippen molar-refractivity contribution < 1.29 is 0 Å². The molecule has 108 valence electrons. The van der Waals surface area contributed by atoms with Crippen LogP contribution in [0.2, 0.25) is 0 Å². The largest absolute Gasteiger partial charge is 0.271 e. The van der Waals surface area contributed by atoms with Gasteiger partial charge in [0.05, 0.1) is 21.9 Å². The maximum absolute atomic E-state index is 5.75. The van der Waals surface area contributed by atoms with Gasteiger partial charge >= 0.3 is 0 Å². The SMILES string of the molecule is Cc1nn(C)c(CC(NN)c2cc(Br)ccc2Br)c1Br. The highest BCUT2D eigenvalue weighted by atomic mass is 79.9. The van der Waals surface area contributed by atoms with Crippen LogP contribution in [0.1, 0.15) is 23.0 Å². The van der Waals surface area contributed by atoms with Crippen LogP contribution in [0.15, 0.2) is 31.6 Å². The molecular formula is C13H15Br3N4. The molecule has 0 spiro atoms. The second-order valence-electron chi connectivity index (χ2n) is 4.56. The summed E-state index contributed by atoms with van der Waals surface area (Å²) in [5, 5.41) is 4.41. The van der Waals surface area contributed by atoms with E-state index in [4.69, 9.17) is 5.84 Å². The van der Waals surface area contributed by atoms with Gasteiger partial charge in [-0.3, -0.25) is 16.0 Å². The van der Waals surface area contributed by atoms with Crippen molar-refractivity contribution in [2.24, 2.45) is 12.9 Å². The molecule has 0 aliphatic rings. The molecule has 2 rings (SSSR count). The van der Waals surface area contributed by atoms with Crippen molar-refractivity contribution in [2.45, 2.75) is 19.4 Å². The molecule has 1 unspecified atom stereocenters. The Labute approximate surface area is 143 Å². The third-order valence-electron chi connectivity index (χ3n) is 3.19. The first-order chi connectivity index (χ1) is 9.43. The van der Waals surface area contributed by atoms with Gasteiger partial charge in [-0.1, -0.05) is 31.9 Å². The molecule has 0 amide bonds. The quantitative estimate of drug-likeness (QED) is 0.533. The third kappa shape index (κ3) is 3.33. The predicted molar refractivity (Wildman–Crippen MR) is 91.3 cm³/mol. The number of nitrogens with zero attached hydrogens (tertiary/aromatic N) is 2. The zero-order chi connectivity index (χ0) is 14.9. The van der Waals surface area contributed by atoms with E-state index in [1.54, 1.807) is 0 Å². The molecule has 0 fully saturated rings. The number of hydrogen-bond donors (Lipinski definition) is 2.